The lowest BCUT2D eigenvalue weighted by Crippen LogP contribution is -2.38. The van der Waals surface area contributed by atoms with Gasteiger partial charge in [-0.15, -0.1) is 0 Å². The average Bonchev–Trinajstić information content (AvgIpc) is 2.84. The van der Waals surface area contributed by atoms with Crippen molar-refractivity contribution in [3.05, 3.63) is 35.4 Å². The Kier molecular flexibility index (Phi) is 5.73. The summed E-state index contributed by atoms with van der Waals surface area (Å²) in [6, 6.07) is 6.33. The smallest absolute Gasteiger partial charge is 0.338 e. The van der Waals surface area contributed by atoms with Gasteiger partial charge in [-0.05, 0) is 24.1 Å². The Bertz CT molecular complexity index is 685. The molecule has 0 unspecified atom stereocenters. The van der Waals surface area contributed by atoms with Gasteiger partial charge in [-0.2, -0.15) is 0 Å². The number of sulfone groups is 1. The van der Waals surface area contributed by atoms with Crippen molar-refractivity contribution in [2.45, 2.75) is 19.1 Å². The van der Waals surface area contributed by atoms with E-state index < -0.39 is 34.4 Å². The van der Waals surface area contributed by atoms with Crippen molar-refractivity contribution in [1.82, 2.24) is 5.32 Å². The summed E-state index contributed by atoms with van der Waals surface area (Å²) in [5, 5.41) is 2.56. The Hall–Kier alpha value is -1.93. The standard InChI is InChI=1S/C15H19NO6S/c1-21-8-11-3-2-4-12(7-11)15(18)22-9-14(17)16-13-5-6-23(19,20)10-13/h2-4,7,13H,5-6,8-10H2,1H3,(H,16,17)/t13-/m1/s1. The maximum absolute atomic E-state index is 11.9. The lowest BCUT2D eigenvalue weighted by Gasteiger charge is -2.11. The summed E-state index contributed by atoms with van der Waals surface area (Å²) in [6.07, 6.45) is 0.390. The molecule has 1 aromatic rings. The summed E-state index contributed by atoms with van der Waals surface area (Å²) < 4.78 is 32.6. The minimum Gasteiger partial charge on any atom is -0.452 e. The molecule has 1 aliphatic heterocycles. The molecule has 1 aliphatic rings. The molecule has 23 heavy (non-hydrogen) atoms. The van der Waals surface area contributed by atoms with E-state index in [1.165, 1.54) is 0 Å². The summed E-state index contributed by atoms with van der Waals surface area (Å²) in [5.74, 6) is -1.11. The van der Waals surface area contributed by atoms with E-state index in [1.807, 2.05) is 6.07 Å². The van der Waals surface area contributed by atoms with Crippen molar-refractivity contribution in [3.63, 3.8) is 0 Å². The molecule has 1 saturated heterocycles. The van der Waals surface area contributed by atoms with Crippen LogP contribution in [0.15, 0.2) is 24.3 Å². The summed E-state index contributed by atoms with van der Waals surface area (Å²) in [7, 11) is -1.51. The van der Waals surface area contributed by atoms with E-state index in [2.05, 4.69) is 5.32 Å². The maximum Gasteiger partial charge on any atom is 0.338 e. The first-order valence-electron chi connectivity index (χ1n) is 7.14. The number of carbonyl (C=O) groups is 2. The van der Waals surface area contributed by atoms with Gasteiger partial charge in [0.25, 0.3) is 5.91 Å². The first-order chi connectivity index (χ1) is 10.9. The van der Waals surface area contributed by atoms with Crippen molar-refractivity contribution in [3.8, 4) is 0 Å². The van der Waals surface area contributed by atoms with Gasteiger partial charge < -0.3 is 14.8 Å². The summed E-state index contributed by atoms with van der Waals surface area (Å²) in [6.45, 7) is -0.0678. The first-order valence-corrected chi connectivity index (χ1v) is 8.96. The van der Waals surface area contributed by atoms with Crippen LogP contribution in [0.1, 0.15) is 22.3 Å². The van der Waals surface area contributed by atoms with Crippen LogP contribution in [-0.2, 0) is 30.7 Å². The number of esters is 1. The maximum atomic E-state index is 11.9. The van der Waals surface area contributed by atoms with Gasteiger partial charge in [-0.25, -0.2) is 13.2 Å². The van der Waals surface area contributed by atoms with E-state index in [9.17, 15) is 18.0 Å². The minimum absolute atomic E-state index is 0.0637. The quantitative estimate of drug-likeness (QED) is 0.747. The predicted octanol–water partition coefficient (Wildman–Crippen LogP) is 0.293. The topological polar surface area (TPSA) is 98.8 Å². The third-order valence-electron chi connectivity index (χ3n) is 3.41. The largest absolute Gasteiger partial charge is 0.452 e. The van der Waals surface area contributed by atoms with Gasteiger partial charge in [0.1, 0.15) is 0 Å². The zero-order chi connectivity index (χ0) is 16.9. The number of amides is 1. The highest BCUT2D eigenvalue weighted by Crippen LogP contribution is 2.11. The predicted molar refractivity (Wildman–Crippen MR) is 82.6 cm³/mol. The molecule has 1 fully saturated rings. The van der Waals surface area contributed by atoms with E-state index in [-0.39, 0.29) is 11.5 Å². The highest BCUT2D eigenvalue weighted by molar-refractivity contribution is 7.91. The van der Waals surface area contributed by atoms with Crippen molar-refractivity contribution in [2.75, 3.05) is 25.2 Å². The Balaban J connectivity index is 1.82. The normalized spacial score (nSPS) is 19.3. The minimum atomic E-state index is -3.06. The highest BCUT2D eigenvalue weighted by atomic mass is 32.2. The van der Waals surface area contributed by atoms with Gasteiger partial charge in [0.2, 0.25) is 0 Å². The summed E-state index contributed by atoms with van der Waals surface area (Å²) in [4.78, 5) is 23.6. The molecular formula is C15H19NO6S. The lowest BCUT2D eigenvalue weighted by molar-refractivity contribution is -0.124. The van der Waals surface area contributed by atoms with Gasteiger partial charge in [0.05, 0.1) is 23.7 Å². The molecule has 0 aromatic heterocycles. The molecule has 1 heterocycles. The molecule has 8 heteroatoms. The number of rotatable bonds is 6. The van der Waals surface area contributed by atoms with Crippen LogP contribution in [0, 0.1) is 0 Å². The van der Waals surface area contributed by atoms with E-state index in [4.69, 9.17) is 9.47 Å². The molecule has 0 bridgehead atoms. The van der Waals surface area contributed by atoms with E-state index in [0.29, 0.717) is 18.6 Å². The molecule has 7 nitrogen and oxygen atoms in total. The summed E-state index contributed by atoms with van der Waals surface area (Å²) in [5.41, 5.74) is 1.15. The van der Waals surface area contributed by atoms with Crippen molar-refractivity contribution >= 4 is 21.7 Å². The Labute approximate surface area is 134 Å². The molecule has 0 spiro atoms. The molecule has 0 aliphatic carbocycles. The third-order valence-corrected chi connectivity index (χ3v) is 5.17. The Morgan fingerprint density at radius 3 is 2.78 bits per heavy atom. The fourth-order valence-electron chi connectivity index (χ4n) is 2.35. The molecule has 126 valence electrons. The zero-order valence-corrected chi connectivity index (χ0v) is 13.6. The monoisotopic (exact) mass is 341 g/mol. The third kappa shape index (κ3) is 5.33. The fourth-order valence-corrected chi connectivity index (χ4v) is 4.02. The van der Waals surface area contributed by atoms with E-state index in [1.54, 1.807) is 25.3 Å². The molecule has 0 radical (unpaired) electrons. The molecule has 2 rings (SSSR count). The number of nitrogens with one attached hydrogen (secondary N) is 1. The van der Waals surface area contributed by atoms with Gasteiger partial charge >= 0.3 is 5.97 Å². The van der Waals surface area contributed by atoms with Crippen LogP contribution < -0.4 is 5.32 Å². The molecule has 1 amide bonds. The number of hydrogen-bond acceptors (Lipinski definition) is 6. The van der Waals surface area contributed by atoms with Gasteiger partial charge in [0, 0.05) is 13.2 Å². The average molecular weight is 341 g/mol. The van der Waals surface area contributed by atoms with E-state index in [0.717, 1.165) is 5.56 Å². The Morgan fingerprint density at radius 1 is 1.35 bits per heavy atom. The van der Waals surface area contributed by atoms with Gasteiger partial charge in [0.15, 0.2) is 16.4 Å². The van der Waals surface area contributed by atoms with Gasteiger partial charge in [-0.1, -0.05) is 12.1 Å². The van der Waals surface area contributed by atoms with Crippen LogP contribution in [-0.4, -0.2) is 51.6 Å². The fraction of sp³-hybridized carbons (Fsp3) is 0.467. The van der Waals surface area contributed by atoms with Crippen molar-refractivity contribution < 1.29 is 27.5 Å². The first kappa shape index (κ1) is 17.4. The van der Waals surface area contributed by atoms with Crippen molar-refractivity contribution in [1.29, 1.82) is 0 Å². The number of methoxy groups -OCH3 is 1. The SMILES string of the molecule is COCc1cccc(C(=O)OCC(=O)N[C@@H]2CCS(=O)(=O)C2)c1. The van der Waals surface area contributed by atoms with Gasteiger partial charge in [-0.3, -0.25) is 4.79 Å². The molecule has 1 N–H and O–H groups in total. The van der Waals surface area contributed by atoms with Crippen LogP contribution >= 0.6 is 0 Å². The molecule has 1 atom stereocenters. The van der Waals surface area contributed by atoms with E-state index >= 15 is 0 Å². The zero-order valence-electron chi connectivity index (χ0n) is 12.8. The number of carbonyl (C=O) groups excluding carboxylic acids is 2. The molecular weight excluding hydrogens is 322 g/mol. The molecule has 0 saturated carbocycles. The van der Waals surface area contributed by atoms with Crippen LogP contribution in [0.4, 0.5) is 0 Å². The highest BCUT2D eigenvalue weighted by Gasteiger charge is 2.29. The van der Waals surface area contributed by atoms with Crippen LogP contribution in [0.2, 0.25) is 0 Å². The second-order valence-electron chi connectivity index (χ2n) is 5.38. The Morgan fingerprint density at radius 2 is 2.13 bits per heavy atom. The van der Waals surface area contributed by atoms with Crippen LogP contribution in [0.5, 0.6) is 0 Å². The lowest BCUT2D eigenvalue weighted by atomic mass is 10.1. The second-order valence-corrected chi connectivity index (χ2v) is 7.61. The number of hydrogen-bond donors (Lipinski definition) is 1. The van der Waals surface area contributed by atoms with Crippen LogP contribution in [0.3, 0.4) is 0 Å². The molecule has 1 aromatic carbocycles. The second kappa shape index (κ2) is 7.56. The number of benzene rings is 1. The van der Waals surface area contributed by atoms with Crippen LogP contribution in [0.25, 0.3) is 0 Å². The summed E-state index contributed by atoms with van der Waals surface area (Å²) >= 11 is 0. The van der Waals surface area contributed by atoms with Crippen molar-refractivity contribution in [2.24, 2.45) is 0 Å². The number of ether oxygens (including phenoxy) is 2.